The number of rotatable bonds is 3. The molecule has 0 saturated heterocycles. The number of carboxylic acids is 1. The van der Waals surface area contributed by atoms with Gasteiger partial charge in [0, 0.05) is 10.3 Å². The Kier molecular flexibility index (Phi) is 3.67. The number of aliphatic hydroxyl groups excluding tert-OH is 1. The van der Waals surface area contributed by atoms with Crippen molar-refractivity contribution in [2.75, 3.05) is 6.26 Å². The molecule has 90 valence electrons. The molecule has 17 heavy (non-hydrogen) atoms. The number of aromatic nitrogens is 2. The molecule has 2 aromatic heterocycles. The summed E-state index contributed by atoms with van der Waals surface area (Å²) in [5.41, 5.74) is 0.459. The second kappa shape index (κ2) is 4.89. The summed E-state index contributed by atoms with van der Waals surface area (Å²) >= 11 is 5.75. The number of fused-ring (bicyclic) bond motifs is 1. The zero-order chi connectivity index (χ0) is 12.6. The largest absolute Gasteiger partial charge is 0.477 e. The molecule has 8 heteroatoms. The van der Waals surface area contributed by atoms with Gasteiger partial charge in [0.15, 0.2) is 0 Å². The number of thioether (sulfide) groups is 1. The van der Waals surface area contributed by atoms with Crippen LogP contribution in [0.4, 0.5) is 0 Å². The number of thiophene rings is 1. The summed E-state index contributed by atoms with van der Waals surface area (Å²) in [5.74, 6) is -1.00. The maximum absolute atomic E-state index is 11.0. The number of carbonyl (C=O) groups is 1. The molecule has 0 amide bonds. The third-order valence-electron chi connectivity index (χ3n) is 2.13. The van der Waals surface area contributed by atoms with Crippen LogP contribution in [0.2, 0.25) is 0 Å². The van der Waals surface area contributed by atoms with Gasteiger partial charge in [0.25, 0.3) is 0 Å². The lowest BCUT2D eigenvalue weighted by Crippen LogP contribution is -1.96. The molecule has 0 bridgehead atoms. The Labute approximate surface area is 113 Å². The Morgan fingerprint density at radius 1 is 1.53 bits per heavy atom. The van der Waals surface area contributed by atoms with Crippen LogP contribution in [0.25, 0.3) is 10.2 Å². The van der Waals surface area contributed by atoms with Gasteiger partial charge in [0.2, 0.25) is 0 Å². The van der Waals surface area contributed by atoms with Crippen LogP contribution >= 0.6 is 39.0 Å². The van der Waals surface area contributed by atoms with Gasteiger partial charge in [-0.15, -0.1) is 28.2 Å². The minimum Gasteiger partial charge on any atom is -0.477 e. The lowest BCUT2D eigenvalue weighted by Gasteiger charge is -2.04. The first kappa shape index (κ1) is 12.7. The lowest BCUT2D eigenvalue weighted by molar-refractivity contribution is 0.0701. The minimum absolute atomic E-state index is 0.194. The van der Waals surface area contributed by atoms with Gasteiger partial charge in [0.1, 0.15) is 15.4 Å². The van der Waals surface area contributed by atoms with Crippen molar-refractivity contribution in [2.45, 2.75) is 11.5 Å². The van der Waals surface area contributed by atoms with E-state index in [1.807, 2.05) is 6.26 Å². The SMILES string of the molecule is CSc1c(CO)nnc2sc(C(=O)O)c(Br)c12. The normalized spacial score (nSPS) is 11.0. The number of nitrogens with zero attached hydrogens (tertiary/aromatic N) is 2. The summed E-state index contributed by atoms with van der Waals surface area (Å²) in [6.45, 7) is -0.218. The van der Waals surface area contributed by atoms with E-state index < -0.39 is 5.97 Å². The van der Waals surface area contributed by atoms with Crippen molar-refractivity contribution < 1.29 is 15.0 Å². The third-order valence-corrected chi connectivity index (χ3v) is 5.10. The number of hydrogen-bond donors (Lipinski definition) is 2. The summed E-state index contributed by atoms with van der Waals surface area (Å²) in [6, 6.07) is 0. The van der Waals surface area contributed by atoms with Crippen LogP contribution in [0.5, 0.6) is 0 Å². The van der Waals surface area contributed by atoms with Crippen molar-refractivity contribution in [3.05, 3.63) is 15.0 Å². The second-order valence-corrected chi connectivity index (χ2v) is 5.68. The van der Waals surface area contributed by atoms with Crippen LogP contribution in [0, 0.1) is 0 Å². The van der Waals surface area contributed by atoms with Crippen molar-refractivity contribution in [1.29, 1.82) is 0 Å². The fraction of sp³-hybridized carbons (Fsp3) is 0.222. The van der Waals surface area contributed by atoms with E-state index in [0.29, 0.717) is 20.4 Å². The highest BCUT2D eigenvalue weighted by Gasteiger charge is 2.21. The molecule has 2 N–H and O–H groups in total. The molecular weight excluding hydrogens is 328 g/mol. The van der Waals surface area contributed by atoms with Gasteiger partial charge in [-0.2, -0.15) is 5.10 Å². The first-order valence-electron chi connectivity index (χ1n) is 4.45. The van der Waals surface area contributed by atoms with Crippen LogP contribution < -0.4 is 0 Å². The van der Waals surface area contributed by atoms with E-state index in [9.17, 15) is 9.90 Å². The third kappa shape index (κ3) is 2.05. The number of aliphatic hydroxyl groups is 1. The highest BCUT2D eigenvalue weighted by molar-refractivity contribution is 9.10. The predicted octanol–water partition coefficient (Wildman–Crippen LogP) is 2.37. The minimum atomic E-state index is -1.00. The maximum atomic E-state index is 11.0. The van der Waals surface area contributed by atoms with E-state index in [2.05, 4.69) is 26.1 Å². The standard InChI is InChI=1S/C9H7BrN2O3S2/c1-16-6-3(2-13)11-12-8-4(6)5(10)7(17-8)9(14)15/h13H,2H2,1H3,(H,14,15). The highest BCUT2D eigenvalue weighted by Crippen LogP contribution is 2.40. The number of carboxylic acid groups (broad SMARTS) is 1. The van der Waals surface area contributed by atoms with Crippen molar-refractivity contribution >= 4 is 55.2 Å². The first-order valence-corrected chi connectivity index (χ1v) is 7.29. The van der Waals surface area contributed by atoms with Gasteiger partial charge in [-0.25, -0.2) is 4.79 Å². The Bertz CT molecular complexity index is 599. The lowest BCUT2D eigenvalue weighted by atomic mass is 10.3. The molecule has 2 rings (SSSR count). The summed E-state index contributed by atoms with van der Waals surface area (Å²) in [6.07, 6.45) is 1.85. The average molecular weight is 335 g/mol. The Balaban J connectivity index is 2.84. The number of hydrogen-bond acceptors (Lipinski definition) is 6. The fourth-order valence-corrected chi connectivity index (χ4v) is 4.15. The molecular formula is C9H7BrN2O3S2. The average Bonchev–Trinajstić information content (AvgIpc) is 2.66. The van der Waals surface area contributed by atoms with Crippen LogP contribution in [0.15, 0.2) is 9.37 Å². The van der Waals surface area contributed by atoms with E-state index in [0.717, 1.165) is 16.2 Å². The predicted molar refractivity (Wildman–Crippen MR) is 69.8 cm³/mol. The van der Waals surface area contributed by atoms with Crippen LogP contribution in [0.3, 0.4) is 0 Å². The molecule has 0 aliphatic heterocycles. The van der Waals surface area contributed by atoms with Gasteiger partial charge in [-0.1, -0.05) is 0 Å². The molecule has 2 aromatic rings. The molecule has 0 radical (unpaired) electrons. The van der Waals surface area contributed by atoms with Gasteiger partial charge < -0.3 is 10.2 Å². The van der Waals surface area contributed by atoms with Gasteiger partial charge in [-0.05, 0) is 22.2 Å². The smallest absolute Gasteiger partial charge is 0.347 e. The van der Waals surface area contributed by atoms with Crippen LogP contribution in [-0.4, -0.2) is 32.6 Å². The van der Waals surface area contributed by atoms with Crippen molar-refractivity contribution in [3.8, 4) is 0 Å². The Hall–Kier alpha value is -0.700. The molecule has 2 heterocycles. The van der Waals surface area contributed by atoms with Gasteiger partial charge in [0.05, 0.1) is 11.1 Å². The van der Waals surface area contributed by atoms with E-state index >= 15 is 0 Å². The zero-order valence-electron chi connectivity index (χ0n) is 8.60. The Morgan fingerprint density at radius 3 is 2.76 bits per heavy atom. The van der Waals surface area contributed by atoms with E-state index in [-0.39, 0.29) is 11.5 Å². The zero-order valence-corrected chi connectivity index (χ0v) is 11.8. The number of halogens is 1. The van der Waals surface area contributed by atoms with Crippen molar-refractivity contribution in [3.63, 3.8) is 0 Å². The quantitative estimate of drug-likeness (QED) is 0.838. The van der Waals surface area contributed by atoms with Crippen LogP contribution in [-0.2, 0) is 6.61 Å². The molecule has 5 nitrogen and oxygen atoms in total. The highest BCUT2D eigenvalue weighted by atomic mass is 79.9. The second-order valence-electron chi connectivity index (χ2n) is 3.07. The molecule has 0 aromatic carbocycles. The molecule has 0 spiro atoms. The van der Waals surface area contributed by atoms with Gasteiger partial charge in [-0.3, -0.25) is 0 Å². The first-order chi connectivity index (χ1) is 8.10. The molecule has 0 aliphatic carbocycles. The molecule has 0 saturated carbocycles. The van der Waals surface area contributed by atoms with Crippen LogP contribution in [0.1, 0.15) is 15.4 Å². The maximum Gasteiger partial charge on any atom is 0.347 e. The number of aromatic carboxylic acids is 1. The topological polar surface area (TPSA) is 83.3 Å². The molecule has 0 aliphatic rings. The van der Waals surface area contributed by atoms with E-state index in [4.69, 9.17) is 5.11 Å². The Morgan fingerprint density at radius 2 is 2.24 bits per heavy atom. The summed E-state index contributed by atoms with van der Waals surface area (Å²) in [4.78, 5) is 12.5. The molecule has 0 atom stereocenters. The molecule has 0 fully saturated rings. The molecule has 0 unspecified atom stereocenters. The van der Waals surface area contributed by atoms with E-state index in [1.54, 1.807) is 0 Å². The van der Waals surface area contributed by atoms with Gasteiger partial charge >= 0.3 is 5.97 Å². The van der Waals surface area contributed by atoms with Crippen molar-refractivity contribution in [2.24, 2.45) is 0 Å². The van der Waals surface area contributed by atoms with E-state index in [1.165, 1.54) is 11.8 Å². The monoisotopic (exact) mass is 334 g/mol. The summed E-state index contributed by atoms with van der Waals surface area (Å²) in [5, 5.41) is 26.7. The fourth-order valence-electron chi connectivity index (χ4n) is 1.42. The summed E-state index contributed by atoms with van der Waals surface area (Å²) < 4.78 is 0.499. The summed E-state index contributed by atoms with van der Waals surface area (Å²) in [7, 11) is 0. The van der Waals surface area contributed by atoms with Crippen molar-refractivity contribution in [1.82, 2.24) is 10.2 Å².